The molecule has 4 heterocycles. The Kier molecular flexibility index (Phi) is 4.27. The molecular weight excluding hydrogens is 338 g/mol. The van der Waals surface area contributed by atoms with Crippen LogP contribution in [0.3, 0.4) is 0 Å². The Balaban J connectivity index is 1.65. The second-order valence-corrected chi connectivity index (χ2v) is 6.26. The number of rotatable bonds is 4. The number of hydrogen-bond donors (Lipinski definition) is 3. The van der Waals surface area contributed by atoms with Gasteiger partial charge in [-0.25, -0.2) is 15.0 Å². The average molecular weight is 356 g/mol. The van der Waals surface area contributed by atoms with Gasteiger partial charge in [0.25, 0.3) is 0 Å². The van der Waals surface area contributed by atoms with Gasteiger partial charge in [0.05, 0.1) is 24.9 Å². The molecule has 0 aromatic carbocycles. The zero-order valence-corrected chi connectivity index (χ0v) is 13.5. The first-order valence-corrected chi connectivity index (χ1v) is 8.32. The van der Waals surface area contributed by atoms with Gasteiger partial charge in [0, 0.05) is 6.61 Å². The van der Waals surface area contributed by atoms with Crippen molar-refractivity contribution in [3.05, 3.63) is 12.7 Å². The summed E-state index contributed by atoms with van der Waals surface area (Å²) in [6, 6.07) is 0.184. The van der Waals surface area contributed by atoms with E-state index in [9.17, 15) is 10.2 Å². The molecule has 2 saturated heterocycles. The van der Waals surface area contributed by atoms with Gasteiger partial charge in [0.2, 0.25) is 0 Å². The van der Waals surface area contributed by atoms with Gasteiger partial charge in [-0.1, -0.05) is 0 Å². The molecule has 0 aliphatic carbocycles. The van der Waals surface area contributed by atoms with Crippen LogP contribution in [0.1, 0.15) is 12.6 Å². The molecule has 5 atom stereocenters. The van der Waals surface area contributed by atoms with Crippen molar-refractivity contribution >= 4 is 28.6 Å². The smallest absolute Gasteiger partial charge is 0.167 e. The topological polar surface area (TPSA) is 115 Å². The number of aliphatic hydroxyl groups excluding tert-OH is 2. The molecule has 2 fully saturated rings. The molecule has 3 N–H and O–H groups in total. The number of nitrogens with zero attached hydrogens (tertiary/aromatic N) is 4. The molecule has 2 aliphatic rings. The number of hydrogen-bond acceptors (Lipinski definition) is 8. The molecule has 10 heteroatoms. The highest BCUT2D eigenvalue weighted by Gasteiger charge is 2.43. The number of aliphatic hydroxyl groups is 2. The second-order valence-electron chi connectivity index (χ2n) is 5.95. The molecule has 0 amide bonds. The minimum Gasteiger partial charge on any atom is -0.387 e. The minimum absolute atomic E-state index is 0.0881. The molecule has 2 aromatic heterocycles. The molecule has 0 spiro atoms. The highest BCUT2D eigenvalue weighted by atomic mass is 35.5. The Labute approximate surface area is 142 Å². The van der Waals surface area contributed by atoms with E-state index < -0.39 is 24.5 Å². The first kappa shape index (κ1) is 16.0. The van der Waals surface area contributed by atoms with E-state index in [2.05, 4.69) is 20.3 Å². The molecule has 0 bridgehead atoms. The maximum Gasteiger partial charge on any atom is 0.167 e. The van der Waals surface area contributed by atoms with Crippen LogP contribution in [0.2, 0.25) is 0 Å². The third kappa shape index (κ3) is 2.62. The molecule has 0 unspecified atom stereocenters. The summed E-state index contributed by atoms with van der Waals surface area (Å²) >= 11 is 5.76. The zero-order chi connectivity index (χ0) is 16.7. The summed E-state index contributed by atoms with van der Waals surface area (Å²) in [6.45, 7) is 1.35. The highest BCUT2D eigenvalue weighted by Crippen LogP contribution is 2.32. The lowest BCUT2D eigenvalue weighted by Gasteiger charge is -2.16. The number of halogens is 1. The van der Waals surface area contributed by atoms with Crippen LogP contribution in [0.25, 0.3) is 11.2 Å². The lowest BCUT2D eigenvalue weighted by Crippen LogP contribution is -2.32. The highest BCUT2D eigenvalue weighted by molar-refractivity contribution is 6.18. The van der Waals surface area contributed by atoms with E-state index in [-0.39, 0.29) is 11.9 Å². The predicted octanol–water partition coefficient (Wildman–Crippen LogP) is -0.115. The summed E-state index contributed by atoms with van der Waals surface area (Å²) in [5.74, 6) is 0.696. The first-order valence-electron chi connectivity index (χ1n) is 7.78. The molecule has 9 nitrogen and oxygen atoms in total. The number of imidazole rings is 1. The summed E-state index contributed by atoms with van der Waals surface area (Å²) in [4.78, 5) is 12.8. The monoisotopic (exact) mass is 355 g/mol. The van der Waals surface area contributed by atoms with Crippen LogP contribution in [0.4, 0.5) is 5.82 Å². The van der Waals surface area contributed by atoms with E-state index in [1.54, 1.807) is 4.57 Å². The molecule has 2 aromatic rings. The number of ether oxygens (including phenoxy) is 2. The molecule has 130 valence electrons. The average Bonchev–Trinajstić information content (AvgIpc) is 3.30. The number of fused-ring (bicyclic) bond motifs is 1. The summed E-state index contributed by atoms with van der Waals surface area (Å²) in [6.07, 6.45) is 0.244. The van der Waals surface area contributed by atoms with Gasteiger partial charge < -0.3 is 25.0 Å². The Morgan fingerprint density at radius 1 is 1.29 bits per heavy atom. The van der Waals surface area contributed by atoms with E-state index >= 15 is 0 Å². The van der Waals surface area contributed by atoms with Gasteiger partial charge >= 0.3 is 0 Å². The third-order valence-corrected chi connectivity index (χ3v) is 4.70. The maximum absolute atomic E-state index is 10.2. The lowest BCUT2D eigenvalue weighted by atomic mass is 10.1. The molecule has 4 rings (SSSR count). The largest absolute Gasteiger partial charge is 0.387 e. The zero-order valence-electron chi connectivity index (χ0n) is 12.7. The van der Waals surface area contributed by atoms with Crippen molar-refractivity contribution in [1.82, 2.24) is 19.5 Å². The van der Waals surface area contributed by atoms with Crippen LogP contribution < -0.4 is 5.32 Å². The van der Waals surface area contributed by atoms with E-state index in [1.165, 1.54) is 12.7 Å². The fourth-order valence-electron chi connectivity index (χ4n) is 3.07. The van der Waals surface area contributed by atoms with E-state index in [0.717, 1.165) is 13.0 Å². The van der Waals surface area contributed by atoms with Gasteiger partial charge in [0.1, 0.15) is 24.6 Å². The van der Waals surface area contributed by atoms with Crippen LogP contribution in [-0.4, -0.2) is 73.2 Å². The molecule has 0 radical (unpaired) electrons. The maximum atomic E-state index is 10.2. The van der Waals surface area contributed by atoms with Crippen LogP contribution >= 0.6 is 11.6 Å². The van der Waals surface area contributed by atoms with Crippen LogP contribution in [-0.2, 0) is 9.47 Å². The van der Waals surface area contributed by atoms with Crippen molar-refractivity contribution in [2.45, 2.75) is 37.0 Å². The van der Waals surface area contributed by atoms with Crippen molar-refractivity contribution in [2.24, 2.45) is 0 Å². The summed E-state index contributed by atoms with van der Waals surface area (Å²) in [5.41, 5.74) is 1.09. The van der Waals surface area contributed by atoms with E-state index in [1.807, 2.05) is 0 Å². The fraction of sp³-hybridized carbons (Fsp3) is 0.643. The summed E-state index contributed by atoms with van der Waals surface area (Å²) in [7, 11) is 0. The van der Waals surface area contributed by atoms with E-state index in [4.69, 9.17) is 21.1 Å². The lowest BCUT2D eigenvalue weighted by molar-refractivity contribution is -0.0291. The van der Waals surface area contributed by atoms with Crippen molar-refractivity contribution in [2.75, 3.05) is 24.4 Å². The van der Waals surface area contributed by atoms with Gasteiger partial charge in [-0.3, -0.25) is 4.57 Å². The Hall–Kier alpha value is -1.52. The summed E-state index contributed by atoms with van der Waals surface area (Å²) < 4.78 is 12.6. The molecule has 24 heavy (non-hydrogen) atoms. The van der Waals surface area contributed by atoms with Crippen LogP contribution in [0, 0.1) is 0 Å². The summed E-state index contributed by atoms with van der Waals surface area (Å²) in [5, 5.41) is 23.5. The normalized spacial score (nSPS) is 33.4. The predicted molar refractivity (Wildman–Crippen MR) is 84.8 cm³/mol. The number of alkyl halides is 1. The van der Waals surface area contributed by atoms with Crippen molar-refractivity contribution < 1.29 is 19.7 Å². The SMILES string of the molecule is O[C@@H]1[C@H](O)[C@@H](CCl)O[C@H]1n1cnc2c(N[C@@H]3CCOC3)ncnc21. The van der Waals surface area contributed by atoms with Gasteiger partial charge in [-0.15, -0.1) is 11.6 Å². The molecule has 0 saturated carbocycles. The number of nitrogens with one attached hydrogen (secondary N) is 1. The quantitative estimate of drug-likeness (QED) is 0.651. The number of anilines is 1. The first-order chi connectivity index (χ1) is 11.7. The van der Waals surface area contributed by atoms with Crippen molar-refractivity contribution in [3.8, 4) is 0 Å². The Bertz CT molecular complexity index is 722. The standard InChI is InChI=1S/C14H18ClN5O4/c15-3-8-10(21)11(22)14(24-8)20-6-18-9-12(16-5-17-13(9)20)19-7-1-2-23-4-7/h5-8,10-11,14,21-22H,1-4H2,(H,16,17,19)/t7-,8-,10-,11-,14-/m1/s1. The van der Waals surface area contributed by atoms with Crippen LogP contribution in [0.5, 0.6) is 0 Å². The fourth-order valence-corrected chi connectivity index (χ4v) is 3.33. The van der Waals surface area contributed by atoms with Crippen LogP contribution in [0.15, 0.2) is 12.7 Å². The van der Waals surface area contributed by atoms with Crippen molar-refractivity contribution in [1.29, 1.82) is 0 Å². The van der Waals surface area contributed by atoms with Gasteiger partial charge in [0.15, 0.2) is 23.2 Å². The third-order valence-electron chi connectivity index (χ3n) is 4.39. The second kappa shape index (κ2) is 6.41. The number of aromatic nitrogens is 4. The van der Waals surface area contributed by atoms with E-state index in [0.29, 0.717) is 23.6 Å². The molecule has 2 aliphatic heterocycles. The minimum atomic E-state index is -1.11. The van der Waals surface area contributed by atoms with Crippen molar-refractivity contribution in [3.63, 3.8) is 0 Å². The Morgan fingerprint density at radius 3 is 2.88 bits per heavy atom. The Morgan fingerprint density at radius 2 is 2.17 bits per heavy atom. The van der Waals surface area contributed by atoms with Gasteiger partial charge in [-0.2, -0.15) is 0 Å². The van der Waals surface area contributed by atoms with Gasteiger partial charge in [-0.05, 0) is 6.42 Å². The molecular formula is C14H18ClN5O4.